The molecule has 10 heteroatoms. The normalized spacial score (nSPS) is 15.4. The number of nitrogens with one attached hydrogen (secondary N) is 2. The number of hydrogen-bond acceptors (Lipinski definition) is 7. The fourth-order valence-electron chi connectivity index (χ4n) is 4.48. The van der Waals surface area contributed by atoms with E-state index in [1.807, 2.05) is 18.0 Å². The van der Waals surface area contributed by atoms with Crippen LogP contribution < -0.4 is 15.4 Å². The lowest BCUT2D eigenvalue weighted by Crippen LogP contribution is -2.48. The smallest absolute Gasteiger partial charge is 0.311 e. The summed E-state index contributed by atoms with van der Waals surface area (Å²) in [6.45, 7) is 2.24. The Morgan fingerprint density at radius 3 is 2.79 bits per heavy atom. The largest absolute Gasteiger partial charge is 0.496 e. The van der Waals surface area contributed by atoms with Crippen LogP contribution in [0, 0.1) is 11.2 Å². The molecule has 1 aliphatic heterocycles. The minimum Gasteiger partial charge on any atom is -0.496 e. The number of carbonyl (C=O) groups is 1. The van der Waals surface area contributed by atoms with Crippen LogP contribution in [-0.2, 0) is 11.3 Å². The molecule has 34 heavy (non-hydrogen) atoms. The summed E-state index contributed by atoms with van der Waals surface area (Å²) in [5.41, 5.74) is 0.889. The highest BCUT2D eigenvalue weighted by Crippen LogP contribution is 2.34. The van der Waals surface area contributed by atoms with Crippen molar-refractivity contribution in [3.05, 3.63) is 53.1 Å². The van der Waals surface area contributed by atoms with Crippen LogP contribution >= 0.6 is 11.6 Å². The van der Waals surface area contributed by atoms with Gasteiger partial charge in [0.25, 0.3) is 0 Å². The second kappa shape index (κ2) is 10.1. The van der Waals surface area contributed by atoms with Crippen LogP contribution in [0.15, 0.2) is 36.7 Å². The number of nitrogens with zero attached hydrogens (tertiary/aromatic N) is 3. The van der Waals surface area contributed by atoms with Crippen LogP contribution in [0.2, 0.25) is 5.02 Å². The van der Waals surface area contributed by atoms with Gasteiger partial charge in [-0.1, -0.05) is 17.7 Å². The van der Waals surface area contributed by atoms with Gasteiger partial charge in [0.05, 0.1) is 28.8 Å². The number of halogens is 2. The average Bonchev–Trinajstić information content (AvgIpc) is 2.82. The lowest BCUT2D eigenvalue weighted by molar-refractivity contribution is -0.152. The molecule has 2 heterocycles. The van der Waals surface area contributed by atoms with Gasteiger partial charge in [0.15, 0.2) is 5.82 Å². The lowest BCUT2D eigenvalue weighted by Gasteiger charge is -2.36. The Kier molecular flexibility index (Phi) is 7.16. The van der Waals surface area contributed by atoms with E-state index in [1.54, 1.807) is 25.3 Å². The molecule has 0 aliphatic carbocycles. The lowest BCUT2D eigenvalue weighted by atomic mass is 9.78. The maximum atomic E-state index is 14.5. The van der Waals surface area contributed by atoms with E-state index in [2.05, 4.69) is 20.6 Å². The Hall–Kier alpha value is -3.01. The Morgan fingerprint density at radius 1 is 1.32 bits per heavy atom. The van der Waals surface area contributed by atoms with Crippen LogP contribution in [-0.4, -0.2) is 59.7 Å². The van der Waals surface area contributed by atoms with Crippen molar-refractivity contribution in [2.24, 2.45) is 5.41 Å². The second-order valence-electron chi connectivity index (χ2n) is 8.64. The highest BCUT2D eigenvalue weighted by atomic mass is 35.5. The molecule has 0 bridgehead atoms. The number of methoxy groups -OCH3 is 1. The van der Waals surface area contributed by atoms with Gasteiger partial charge >= 0.3 is 5.97 Å². The molecule has 0 atom stereocenters. The number of fused-ring (bicyclic) bond motifs is 1. The summed E-state index contributed by atoms with van der Waals surface area (Å²) in [5.74, 6) is -0.272. The third-order valence-corrected chi connectivity index (χ3v) is 6.56. The summed E-state index contributed by atoms with van der Waals surface area (Å²) in [4.78, 5) is 22.7. The summed E-state index contributed by atoms with van der Waals surface area (Å²) in [7, 11) is 3.48. The zero-order valence-electron chi connectivity index (χ0n) is 19.1. The number of rotatable bonds is 8. The van der Waals surface area contributed by atoms with E-state index >= 15 is 0 Å². The Labute approximate surface area is 202 Å². The molecule has 3 N–H and O–H groups in total. The minimum absolute atomic E-state index is 0.0117. The molecule has 1 fully saturated rings. The molecular formula is C24H27ClFN5O3. The molecule has 2 aromatic carbocycles. The number of anilines is 2. The maximum Gasteiger partial charge on any atom is 0.311 e. The molecule has 4 rings (SSSR count). The van der Waals surface area contributed by atoms with E-state index in [4.69, 9.17) is 16.3 Å². The van der Waals surface area contributed by atoms with Gasteiger partial charge in [0.2, 0.25) is 0 Å². The van der Waals surface area contributed by atoms with Gasteiger partial charge < -0.3 is 25.4 Å². The fraction of sp³-hybridized carbons (Fsp3) is 0.375. The SMILES string of the molecule is COc1cc2ncnc(Nc3cccc(Cl)c3F)c2cc1CN(C)CC1(C(=O)O)CCNCC1. The first-order valence-corrected chi connectivity index (χ1v) is 11.4. The molecule has 1 aromatic heterocycles. The van der Waals surface area contributed by atoms with E-state index in [0.29, 0.717) is 61.5 Å². The van der Waals surface area contributed by atoms with Crippen molar-refractivity contribution in [2.45, 2.75) is 19.4 Å². The zero-order chi connectivity index (χ0) is 24.3. The van der Waals surface area contributed by atoms with Gasteiger partial charge in [-0.15, -0.1) is 0 Å². The number of carboxylic acid groups (broad SMARTS) is 1. The van der Waals surface area contributed by atoms with E-state index in [1.165, 1.54) is 12.4 Å². The number of carboxylic acids is 1. The topological polar surface area (TPSA) is 99.6 Å². The average molecular weight is 488 g/mol. The molecule has 0 spiro atoms. The number of hydrogen-bond donors (Lipinski definition) is 3. The van der Waals surface area contributed by atoms with Crippen molar-refractivity contribution in [2.75, 3.05) is 39.1 Å². The number of aliphatic carboxylic acids is 1. The van der Waals surface area contributed by atoms with Gasteiger partial charge in [-0.3, -0.25) is 4.79 Å². The number of piperidine rings is 1. The van der Waals surface area contributed by atoms with Crippen molar-refractivity contribution >= 4 is 40.0 Å². The Morgan fingerprint density at radius 2 is 2.09 bits per heavy atom. The summed E-state index contributed by atoms with van der Waals surface area (Å²) >= 11 is 5.92. The zero-order valence-corrected chi connectivity index (χ0v) is 19.8. The summed E-state index contributed by atoms with van der Waals surface area (Å²) < 4.78 is 20.1. The maximum absolute atomic E-state index is 14.5. The third-order valence-electron chi connectivity index (χ3n) is 6.27. The van der Waals surface area contributed by atoms with Gasteiger partial charge in [-0.2, -0.15) is 0 Å². The van der Waals surface area contributed by atoms with Crippen molar-refractivity contribution in [1.82, 2.24) is 20.2 Å². The molecule has 0 radical (unpaired) electrons. The fourth-order valence-corrected chi connectivity index (χ4v) is 4.65. The van der Waals surface area contributed by atoms with Gasteiger partial charge in [-0.25, -0.2) is 14.4 Å². The Balaban J connectivity index is 1.65. The molecule has 8 nitrogen and oxygen atoms in total. The van der Waals surface area contributed by atoms with E-state index in [-0.39, 0.29) is 10.7 Å². The number of aromatic nitrogens is 2. The molecule has 0 saturated carbocycles. The predicted molar refractivity (Wildman–Crippen MR) is 129 cm³/mol. The standard InChI is InChI=1S/C24H27ClFN5O3/c1-31(13-24(23(32)33)6-8-27-9-7-24)12-15-10-16-19(11-20(15)34-2)28-14-29-22(16)30-18-5-3-4-17(25)21(18)26/h3-5,10-11,14,27H,6-9,12-13H2,1-2H3,(H,32,33)(H,28,29,30). The van der Waals surface area contributed by atoms with Crippen LogP contribution in [0.25, 0.3) is 10.9 Å². The van der Waals surface area contributed by atoms with Crippen LogP contribution in [0.5, 0.6) is 5.75 Å². The van der Waals surface area contributed by atoms with Crippen LogP contribution in [0.4, 0.5) is 15.9 Å². The molecule has 1 aliphatic rings. The highest BCUT2D eigenvalue weighted by Gasteiger charge is 2.40. The van der Waals surface area contributed by atoms with E-state index < -0.39 is 17.2 Å². The van der Waals surface area contributed by atoms with Crippen molar-refractivity contribution in [3.63, 3.8) is 0 Å². The van der Waals surface area contributed by atoms with Gasteiger partial charge in [0.1, 0.15) is 17.9 Å². The summed E-state index contributed by atoms with van der Waals surface area (Å²) in [6, 6.07) is 8.41. The first kappa shape index (κ1) is 24.1. The number of ether oxygens (including phenoxy) is 1. The quantitative estimate of drug-likeness (QED) is 0.437. The molecular weight excluding hydrogens is 461 g/mol. The first-order chi connectivity index (χ1) is 16.3. The van der Waals surface area contributed by atoms with Crippen LogP contribution in [0.1, 0.15) is 18.4 Å². The first-order valence-electron chi connectivity index (χ1n) is 11.0. The molecule has 0 amide bonds. The van der Waals surface area contributed by atoms with Crippen molar-refractivity contribution in [1.29, 1.82) is 0 Å². The van der Waals surface area contributed by atoms with E-state index in [0.717, 1.165) is 5.56 Å². The minimum atomic E-state index is -0.788. The van der Waals surface area contributed by atoms with Gasteiger partial charge in [-0.05, 0) is 51.2 Å². The molecule has 180 valence electrons. The van der Waals surface area contributed by atoms with Crippen molar-refractivity contribution in [3.8, 4) is 5.75 Å². The van der Waals surface area contributed by atoms with Crippen LogP contribution in [0.3, 0.4) is 0 Å². The third kappa shape index (κ3) is 4.91. The van der Waals surface area contributed by atoms with E-state index in [9.17, 15) is 14.3 Å². The second-order valence-corrected chi connectivity index (χ2v) is 9.04. The molecule has 0 unspecified atom stereocenters. The molecule has 1 saturated heterocycles. The van der Waals surface area contributed by atoms with Crippen molar-refractivity contribution < 1.29 is 19.0 Å². The summed E-state index contributed by atoms with van der Waals surface area (Å²) in [5, 5.41) is 16.9. The molecule has 3 aromatic rings. The Bertz CT molecular complexity index is 1200. The number of benzene rings is 2. The highest BCUT2D eigenvalue weighted by molar-refractivity contribution is 6.31. The predicted octanol–water partition coefficient (Wildman–Crippen LogP) is 4.06. The summed E-state index contributed by atoms with van der Waals surface area (Å²) in [6.07, 6.45) is 2.55. The monoisotopic (exact) mass is 487 g/mol. The van der Waals surface area contributed by atoms with Gasteiger partial charge in [0, 0.05) is 30.1 Å².